The SMILES string of the molecule is CC1CC(CN)CN1C(=O)Cc1csc(-c2ccc3c(c2)OCO3)n1.Cl.Cl. The maximum atomic E-state index is 12.6. The molecule has 2 atom stereocenters. The van der Waals surface area contributed by atoms with E-state index in [9.17, 15) is 4.79 Å². The van der Waals surface area contributed by atoms with Crippen molar-refractivity contribution in [3.63, 3.8) is 0 Å². The molecule has 2 aliphatic rings. The molecule has 1 saturated heterocycles. The fraction of sp³-hybridized carbons (Fsp3) is 0.444. The van der Waals surface area contributed by atoms with E-state index in [-0.39, 0.29) is 43.6 Å². The number of ether oxygens (including phenoxy) is 2. The summed E-state index contributed by atoms with van der Waals surface area (Å²) in [5, 5.41) is 2.84. The first-order valence-corrected chi connectivity index (χ1v) is 9.36. The molecule has 27 heavy (non-hydrogen) atoms. The molecule has 0 saturated carbocycles. The fourth-order valence-corrected chi connectivity index (χ4v) is 4.28. The summed E-state index contributed by atoms with van der Waals surface area (Å²) in [7, 11) is 0. The van der Waals surface area contributed by atoms with Crippen molar-refractivity contribution in [2.75, 3.05) is 19.9 Å². The van der Waals surface area contributed by atoms with Crippen LogP contribution in [0.3, 0.4) is 0 Å². The normalized spacial score (nSPS) is 20.1. The van der Waals surface area contributed by atoms with Crippen molar-refractivity contribution in [2.45, 2.75) is 25.8 Å². The van der Waals surface area contributed by atoms with Crippen LogP contribution < -0.4 is 15.2 Å². The molecule has 6 nitrogen and oxygen atoms in total. The van der Waals surface area contributed by atoms with Gasteiger partial charge in [-0.15, -0.1) is 36.2 Å². The minimum atomic E-state index is 0. The molecular formula is C18H23Cl2N3O3S. The number of carbonyl (C=O) groups is 1. The average molecular weight is 432 g/mol. The van der Waals surface area contributed by atoms with Crippen LogP contribution in [-0.2, 0) is 11.2 Å². The number of likely N-dealkylation sites (tertiary alicyclic amines) is 1. The average Bonchev–Trinajstić information content (AvgIpc) is 3.32. The molecular weight excluding hydrogens is 409 g/mol. The van der Waals surface area contributed by atoms with Crippen molar-refractivity contribution < 1.29 is 14.3 Å². The van der Waals surface area contributed by atoms with Crippen molar-refractivity contribution >= 4 is 42.1 Å². The quantitative estimate of drug-likeness (QED) is 0.804. The zero-order valence-electron chi connectivity index (χ0n) is 14.9. The minimum Gasteiger partial charge on any atom is -0.454 e. The monoisotopic (exact) mass is 431 g/mol. The molecule has 0 bridgehead atoms. The lowest BCUT2D eigenvalue weighted by Gasteiger charge is -2.21. The number of thiazole rings is 1. The van der Waals surface area contributed by atoms with E-state index in [0.717, 1.165) is 40.7 Å². The Bertz CT molecular complexity index is 802. The van der Waals surface area contributed by atoms with Gasteiger partial charge in [0.1, 0.15) is 5.01 Å². The molecule has 148 valence electrons. The molecule has 3 heterocycles. The first-order valence-electron chi connectivity index (χ1n) is 8.48. The van der Waals surface area contributed by atoms with Gasteiger partial charge in [-0.25, -0.2) is 4.98 Å². The van der Waals surface area contributed by atoms with Gasteiger partial charge in [0.25, 0.3) is 0 Å². The summed E-state index contributed by atoms with van der Waals surface area (Å²) in [4.78, 5) is 19.2. The standard InChI is InChI=1S/C18H21N3O3S.2ClH/c1-11-4-12(7-19)8-21(11)17(22)6-14-9-25-18(20-14)13-2-3-15-16(5-13)24-10-23-15;;/h2-3,5,9,11-12H,4,6-8,10,19H2,1H3;2*1H. The smallest absolute Gasteiger partial charge is 0.231 e. The van der Waals surface area contributed by atoms with Crippen LogP contribution in [0.25, 0.3) is 10.6 Å². The summed E-state index contributed by atoms with van der Waals surface area (Å²) in [6.07, 6.45) is 1.32. The van der Waals surface area contributed by atoms with Crippen LogP contribution in [0.1, 0.15) is 19.0 Å². The first-order chi connectivity index (χ1) is 12.1. The van der Waals surface area contributed by atoms with E-state index >= 15 is 0 Å². The van der Waals surface area contributed by atoms with Gasteiger partial charge in [0, 0.05) is 23.5 Å². The van der Waals surface area contributed by atoms with Gasteiger partial charge < -0.3 is 20.1 Å². The molecule has 1 aromatic carbocycles. The molecule has 4 rings (SSSR count). The second-order valence-electron chi connectivity index (χ2n) is 6.62. The highest BCUT2D eigenvalue weighted by Crippen LogP contribution is 2.36. The Morgan fingerprint density at radius 3 is 2.85 bits per heavy atom. The van der Waals surface area contributed by atoms with Crippen molar-refractivity contribution in [3.8, 4) is 22.1 Å². The van der Waals surface area contributed by atoms with Gasteiger partial charge in [-0.2, -0.15) is 0 Å². The summed E-state index contributed by atoms with van der Waals surface area (Å²) < 4.78 is 10.7. The number of aromatic nitrogens is 1. The van der Waals surface area contributed by atoms with Gasteiger partial charge in [-0.1, -0.05) is 0 Å². The lowest BCUT2D eigenvalue weighted by atomic mass is 10.1. The maximum absolute atomic E-state index is 12.6. The van der Waals surface area contributed by atoms with E-state index in [0.29, 0.717) is 18.9 Å². The third-order valence-electron chi connectivity index (χ3n) is 4.82. The van der Waals surface area contributed by atoms with Crippen LogP contribution >= 0.6 is 36.2 Å². The van der Waals surface area contributed by atoms with Crippen LogP contribution in [0.5, 0.6) is 11.5 Å². The van der Waals surface area contributed by atoms with Gasteiger partial charge in [0.05, 0.1) is 12.1 Å². The topological polar surface area (TPSA) is 77.7 Å². The Morgan fingerprint density at radius 1 is 1.33 bits per heavy atom. The molecule has 1 amide bonds. The number of carbonyl (C=O) groups excluding carboxylic acids is 1. The summed E-state index contributed by atoms with van der Waals surface area (Å²) >= 11 is 1.54. The Morgan fingerprint density at radius 2 is 2.11 bits per heavy atom. The minimum absolute atomic E-state index is 0. The number of halogens is 2. The fourth-order valence-electron chi connectivity index (χ4n) is 3.47. The van der Waals surface area contributed by atoms with E-state index in [1.165, 1.54) is 0 Å². The van der Waals surface area contributed by atoms with Crippen molar-refractivity contribution in [1.29, 1.82) is 0 Å². The van der Waals surface area contributed by atoms with Gasteiger partial charge >= 0.3 is 0 Å². The number of nitrogens with zero attached hydrogens (tertiary/aromatic N) is 2. The summed E-state index contributed by atoms with van der Waals surface area (Å²) in [5.41, 5.74) is 7.54. The number of hydrogen-bond acceptors (Lipinski definition) is 6. The molecule has 9 heteroatoms. The van der Waals surface area contributed by atoms with Crippen LogP contribution in [0.2, 0.25) is 0 Å². The molecule has 0 aliphatic carbocycles. The molecule has 0 radical (unpaired) electrons. The first kappa shape index (κ1) is 21.8. The van der Waals surface area contributed by atoms with Crippen molar-refractivity contribution in [2.24, 2.45) is 11.7 Å². The third kappa shape index (κ3) is 4.48. The number of nitrogens with two attached hydrogens (primary N) is 1. The zero-order chi connectivity index (χ0) is 17.4. The third-order valence-corrected chi connectivity index (χ3v) is 5.76. The number of rotatable bonds is 4. The number of hydrogen-bond donors (Lipinski definition) is 1. The van der Waals surface area contributed by atoms with Crippen molar-refractivity contribution in [3.05, 3.63) is 29.3 Å². The van der Waals surface area contributed by atoms with Gasteiger partial charge in [0.15, 0.2) is 11.5 Å². The Kier molecular flexibility index (Phi) is 7.33. The van der Waals surface area contributed by atoms with Gasteiger partial charge in [-0.3, -0.25) is 4.79 Å². The molecule has 1 aromatic heterocycles. The van der Waals surface area contributed by atoms with E-state index in [1.54, 1.807) is 11.3 Å². The van der Waals surface area contributed by atoms with Crippen LogP contribution in [0.15, 0.2) is 23.6 Å². The lowest BCUT2D eigenvalue weighted by Crippen LogP contribution is -2.35. The van der Waals surface area contributed by atoms with E-state index in [2.05, 4.69) is 11.9 Å². The molecule has 0 spiro atoms. The second-order valence-corrected chi connectivity index (χ2v) is 7.48. The second kappa shape index (κ2) is 9.10. The molecule has 1 fully saturated rings. The van der Waals surface area contributed by atoms with Crippen LogP contribution in [0, 0.1) is 5.92 Å². The van der Waals surface area contributed by atoms with E-state index in [1.807, 2.05) is 28.5 Å². The highest BCUT2D eigenvalue weighted by atomic mass is 35.5. The molecule has 2 aliphatic heterocycles. The predicted octanol–water partition coefficient (Wildman–Crippen LogP) is 3.12. The van der Waals surface area contributed by atoms with Gasteiger partial charge in [0.2, 0.25) is 12.7 Å². The van der Waals surface area contributed by atoms with E-state index in [4.69, 9.17) is 15.2 Å². The van der Waals surface area contributed by atoms with Crippen LogP contribution in [0.4, 0.5) is 0 Å². The molecule has 2 aromatic rings. The Labute approximate surface area is 174 Å². The zero-order valence-corrected chi connectivity index (χ0v) is 17.4. The molecule has 2 N–H and O–H groups in total. The highest BCUT2D eigenvalue weighted by molar-refractivity contribution is 7.13. The number of amides is 1. The predicted molar refractivity (Wildman–Crippen MR) is 110 cm³/mol. The summed E-state index contributed by atoms with van der Waals surface area (Å²) in [6, 6.07) is 6.05. The Hall–Kier alpha value is -1.54. The highest BCUT2D eigenvalue weighted by Gasteiger charge is 2.31. The lowest BCUT2D eigenvalue weighted by molar-refractivity contribution is -0.131. The van der Waals surface area contributed by atoms with Crippen LogP contribution in [-0.4, -0.2) is 41.7 Å². The number of benzene rings is 1. The van der Waals surface area contributed by atoms with Crippen molar-refractivity contribution in [1.82, 2.24) is 9.88 Å². The summed E-state index contributed by atoms with van der Waals surface area (Å²) in [5.74, 6) is 2.04. The number of fused-ring (bicyclic) bond motifs is 1. The largest absolute Gasteiger partial charge is 0.454 e. The molecule has 2 unspecified atom stereocenters. The summed E-state index contributed by atoms with van der Waals surface area (Å²) in [6.45, 7) is 3.75. The van der Waals surface area contributed by atoms with Gasteiger partial charge in [-0.05, 0) is 44.0 Å². The van der Waals surface area contributed by atoms with E-state index < -0.39 is 0 Å². The maximum Gasteiger partial charge on any atom is 0.231 e. The Balaban J connectivity index is 0.00000131.